The van der Waals surface area contributed by atoms with E-state index in [2.05, 4.69) is 0 Å². The minimum absolute atomic E-state index is 0.0880. The van der Waals surface area contributed by atoms with Crippen LogP contribution in [0.25, 0.3) is 0 Å². The van der Waals surface area contributed by atoms with Gasteiger partial charge in [0.2, 0.25) is 0 Å². The number of fused-ring (bicyclic) bond motifs is 2. The minimum Gasteiger partial charge on any atom is -0.464 e. The summed E-state index contributed by atoms with van der Waals surface area (Å²) in [4.78, 5) is 50.8. The van der Waals surface area contributed by atoms with E-state index in [1.165, 1.54) is 6.92 Å². The summed E-state index contributed by atoms with van der Waals surface area (Å²) < 4.78 is 11.3. The lowest BCUT2D eigenvalue weighted by molar-refractivity contribution is -0.253. The molecule has 160 valence electrons. The van der Waals surface area contributed by atoms with Gasteiger partial charge in [-0.3, -0.25) is 14.4 Å². The van der Waals surface area contributed by atoms with Gasteiger partial charge in [0.05, 0.1) is 11.5 Å². The Bertz CT molecular complexity index is 773. The van der Waals surface area contributed by atoms with E-state index in [-0.39, 0.29) is 24.2 Å². The van der Waals surface area contributed by atoms with Crippen molar-refractivity contribution in [1.82, 2.24) is 0 Å². The molecule has 8 unspecified atom stereocenters. The van der Waals surface area contributed by atoms with Crippen molar-refractivity contribution in [3.05, 3.63) is 0 Å². The van der Waals surface area contributed by atoms with Crippen molar-refractivity contribution in [3.8, 4) is 0 Å². The van der Waals surface area contributed by atoms with Crippen molar-refractivity contribution in [2.75, 3.05) is 6.61 Å². The highest BCUT2D eigenvalue weighted by molar-refractivity contribution is 6.08. The predicted octanol–water partition coefficient (Wildman–Crippen LogP) is 1.69. The fraction of sp³-hybridized carbons (Fsp3) is 0.818. The Morgan fingerprint density at radius 1 is 1.31 bits per heavy atom. The summed E-state index contributed by atoms with van der Waals surface area (Å²) in [5.74, 6) is -3.16. The van der Waals surface area contributed by atoms with Crippen molar-refractivity contribution in [1.29, 1.82) is 0 Å². The monoisotopic (exact) mass is 406 g/mol. The van der Waals surface area contributed by atoms with Gasteiger partial charge in [0.15, 0.2) is 5.78 Å². The molecule has 8 atom stereocenters. The summed E-state index contributed by atoms with van der Waals surface area (Å²) in [7, 11) is 0. The summed E-state index contributed by atoms with van der Waals surface area (Å²) in [5, 5.41) is 11.3. The third kappa shape index (κ3) is 2.46. The topological polar surface area (TPSA) is 107 Å². The van der Waals surface area contributed by atoms with Crippen molar-refractivity contribution in [2.24, 2.45) is 39.9 Å². The van der Waals surface area contributed by atoms with E-state index < -0.39 is 52.2 Å². The molecule has 0 radical (unpaired) electrons. The fourth-order valence-electron chi connectivity index (χ4n) is 7.30. The molecule has 2 spiro atoms. The minimum atomic E-state index is -1.47. The van der Waals surface area contributed by atoms with Crippen LogP contribution < -0.4 is 0 Å². The van der Waals surface area contributed by atoms with Crippen molar-refractivity contribution >= 4 is 24.0 Å². The Hall–Kier alpha value is -1.76. The first-order valence-electron chi connectivity index (χ1n) is 10.5. The second-order valence-electron chi connectivity index (χ2n) is 10.3. The second kappa shape index (κ2) is 6.37. The van der Waals surface area contributed by atoms with Crippen LogP contribution in [0.5, 0.6) is 0 Å². The number of Topliss-reactive ketones (excluding diaryl/α,β-unsaturated/α-hetero) is 1. The van der Waals surface area contributed by atoms with Gasteiger partial charge >= 0.3 is 11.9 Å². The molecule has 0 aromatic rings. The molecule has 4 rings (SSSR count). The molecule has 0 aromatic heterocycles. The largest absolute Gasteiger partial charge is 0.464 e. The molecular formula is C22H30O7. The van der Waals surface area contributed by atoms with Gasteiger partial charge < -0.3 is 19.4 Å². The first-order chi connectivity index (χ1) is 13.5. The number of hydrogen-bond donors (Lipinski definition) is 1. The lowest BCUT2D eigenvalue weighted by Crippen LogP contribution is -2.71. The van der Waals surface area contributed by atoms with Crippen molar-refractivity contribution in [3.63, 3.8) is 0 Å². The Kier molecular flexibility index (Phi) is 4.50. The molecule has 1 N–H and O–H groups in total. The van der Waals surface area contributed by atoms with Crippen molar-refractivity contribution in [2.45, 2.75) is 65.6 Å². The van der Waals surface area contributed by atoms with Gasteiger partial charge in [0.1, 0.15) is 24.4 Å². The van der Waals surface area contributed by atoms with Gasteiger partial charge in [-0.1, -0.05) is 20.8 Å². The van der Waals surface area contributed by atoms with E-state index >= 15 is 0 Å². The number of aliphatic hydroxyl groups excluding tert-OH is 1. The highest BCUT2D eigenvalue weighted by atomic mass is 16.6. The van der Waals surface area contributed by atoms with Crippen LogP contribution in [0.2, 0.25) is 0 Å². The van der Waals surface area contributed by atoms with Gasteiger partial charge in [0.25, 0.3) is 0 Å². The number of rotatable bonds is 2. The third-order valence-electron chi connectivity index (χ3n) is 8.52. The first kappa shape index (κ1) is 20.5. The lowest BCUT2D eigenvalue weighted by atomic mass is 9.43. The van der Waals surface area contributed by atoms with Crippen LogP contribution in [0.15, 0.2) is 0 Å². The number of ketones is 1. The van der Waals surface area contributed by atoms with Crippen molar-refractivity contribution < 1.29 is 33.8 Å². The highest BCUT2D eigenvalue weighted by Crippen LogP contribution is 2.68. The summed E-state index contributed by atoms with van der Waals surface area (Å²) in [6, 6.07) is 0. The summed E-state index contributed by atoms with van der Waals surface area (Å²) in [6.07, 6.45) is 1.07. The Morgan fingerprint density at radius 2 is 2.00 bits per heavy atom. The molecule has 7 nitrogen and oxygen atoms in total. The van der Waals surface area contributed by atoms with Gasteiger partial charge in [-0.05, 0) is 37.0 Å². The zero-order chi connectivity index (χ0) is 21.4. The maximum absolute atomic E-state index is 13.4. The molecular weight excluding hydrogens is 376 g/mol. The molecule has 0 aromatic carbocycles. The van der Waals surface area contributed by atoms with E-state index in [4.69, 9.17) is 9.47 Å². The van der Waals surface area contributed by atoms with Crippen LogP contribution in [0.1, 0.15) is 53.4 Å². The molecule has 29 heavy (non-hydrogen) atoms. The Morgan fingerprint density at radius 3 is 2.62 bits per heavy atom. The van der Waals surface area contributed by atoms with E-state index in [0.29, 0.717) is 25.7 Å². The Balaban J connectivity index is 1.95. The van der Waals surface area contributed by atoms with Crippen LogP contribution in [0, 0.1) is 39.9 Å². The average molecular weight is 406 g/mol. The molecule has 4 fully saturated rings. The molecule has 2 bridgehead atoms. The maximum Gasteiger partial charge on any atom is 0.320 e. The van der Waals surface area contributed by atoms with Gasteiger partial charge in [-0.25, -0.2) is 0 Å². The van der Waals surface area contributed by atoms with E-state index in [1.807, 2.05) is 13.8 Å². The van der Waals surface area contributed by atoms with E-state index in [1.54, 1.807) is 6.92 Å². The summed E-state index contributed by atoms with van der Waals surface area (Å²) >= 11 is 0. The number of carbonyl (C=O) groups excluding carboxylic acids is 4. The van der Waals surface area contributed by atoms with Crippen LogP contribution in [0.3, 0.4) is 0 Å². The van der Waals surface area contributed by atoms with E-state index in [0.717, 1.165) is 6.29 Å². The SMILES string of the molecule is CC(=O)OC1CCC(C)(C)C(C=O)C12COC(=O)C13CC(CC(O)C12)C(C)C3=O. The third-order valence-corrected chi connectivity index (χ3v) is 8.52. The quantitative estimate of drug-likeness (QED) is 0.422. The molecule has 3 saturated carbocycles. The number of ether oxygens (including phenoxy) is 2. The number of carbonyl (C=O) groups is 4. The average Bonchev–Trinajstić information content (AvgIpc) is 2.83. The van der Waals surface area contributed by atoms with Gasteiger partial charge in [-0.15, -0.1) is 0 Å². The smallest absolute Gasteiger partial charge is 0.320 e. The molecule has 1 aliphatic heterocycles. The number of esters is 2. The number of cyclic esters (lactones) is 1. The van der Waals surface area contributed by atoms with Gasteiger partial charge in [0, 0.05) is 24.7 Å². The molecule has 3 aliphatic carbocycles. The van der Waals surface area contributed by atoms with Crippen LogP contribution in [-0.2, 0) is 28.7 Å². The molecule has 1 saturated heterocycles. The molecule has 1 heterocycles. The predicted molar refractivity (Wildman–Crippen MR) is 100 cm³/mol. The Labute approximate surface area is 170 Å². The standard InChI is InChI=1S/C22H30O7/c1-11-13-7-14(25)17-21(8-13,18(11)26)19(27)28-10-22(17)15(9-23)20(3,4)6-5-16(22)29-12(2)24/h9,11,13-17,25H,5-8,10H2,1-4H3. The zero-order valence-corrected chi connectivity index (χ0v) is 17.5. The second-order valence-corrected chi connectivity index (χ2v) is 10.3. The molecule has 0 amide bonds. The molecule has 4 aliphatic rings. The first-order valence-corrected chi connectivity index (χ1v) is 10.5. The molecule has 7 heteroatoms. The maximum atomic E-state index is 13.4. The highest BCUT2D eigenvalue weighted by Gasteiger charge is 2.77. The number of hydrogen-bond acceptors (Lipinski definition) is 7. The summed E-state index contributed by atoms with van der Waals surface area (Å²) in [6.45, 7) is 6.92. The van der Waals surface area contributed by atoms with E-state index in [9.17, 15) is 24.3 Å². The summed E-state index contributed by atoms with van der Waals surface area (Å²) in [5.41, 5.74) is -3.03. The number of aliphatic hydroxyl groups is 1. The van der Waals surface area contributed by atoms with Crippen LogP contribution in [0.4, 0.5) is 0 Å². The lowest BCUT2D eigenvalue weighted by Gasteiger charge is -2.62. The number of aldehydes is 1. The van der Waals surface area contributed by atoms with Gasteiger partial charge in [-0.2, -0.15) is 0 Å². The normalized spacial score (nSPS) is 48.0. The van der Waals surface area contributed by atoms with Crippen LogP contribution in [-0.4, -0.2) is 47.9 Å². The fourth-order valence-corrected chi connectivity index (χ4v) is 7.30. The van der Waals surface area contributed by atoms with Crippen LogP contribution >= 0.6 is 0 Å². The zero-order valence-electron chi connectivity index (χ0n) is 17.5.